The zero-order chi connectivity index (χ0) is 19.4. The van der Waals surface area contributed by atoms with E-state index in [0.29, 0.717) is 30.1 Å². The molecular formula is C19H21ClN2O4S. The molecule has 0 aliphatic carbocycles. The van der Waals surface area contributed by atoms with Crippen LogP contribution >= 0.6 is 11.6 Å². The first-order valence-electron chi connectivity index (χ1n) is 8.61. The Morgan fingerprint density at radius 3 is 2.67 bits per heavy atom. The van der Waals surface area contributed by atoms with E-state index in [9.17, 15) is 13.2 Å². The second kappa shape index (κ2) is 8.29. The maximum Gasteiger partial charge on any atom is 0.246 e. The number of hydrogen-bond donors (Lipinski definition) is 1. The van der Waals surface area contributed by atoms with Gasteiger partial charge in [-0.05, 0) is 43.2 Å². The molecule has 2 aromatic carbocycles. The molecule has 3 rings (SSSR count). The van der Waals surface area contributed by atoms with Crippen molar-refractivity contribution in [2.45, 2.75) is 17.7 Å². The van der Waals surface area contributed by atoms with Crippen LogP contribution in [0.3, 0.4) is 0 Å². The number of piperidine rings is 1. The van der Waals surface area contributed by atoms with Crippen LogP contribution in [0.25, 0.3) is 0 Å². The summed E-state index contributed by atoms with van der Waals surface area (Å²) in [6.45, 7) is 0.476. The van der Waals surface area contributed by atoms with Gasteiger partial charge in [-0.2, -0.15) is 4.31 Å². The van der Waals surface area contributed by atoms with Crippen molar-refractivity contribution < 1.29 is 17.9 Å². The lowest BCUT2D eigenvalue weighted by Crippen LogP contribution is -2.43. The first kappa shape index (κ1) is 19.7. The SMILES string of the molecule is COc1ccc(Cl)cc1S(=O)(=O)N1CCC[C@@H](C(=O)Nc2ccccc2)C1. The number of hydrogen-bond acceptors (Lipinski definition) is 4. The molecule has 1 aliphatic heterocycles. The molecule has 0 spiro atoms. The maximum absolute atomic E-state index is 13.1. The molecule has 6 nitrogen and oxygen atoms in total. The predicted molar refractivity (Wildman–Crippen MR) is 105 cm³/mol. The van der Waals surface area contributed by atoms with E-state index < -0.39 is 15.9 Å². The Morgan fingerprint density at radius 1 is 1.22 bits per heavy atom. The summed E-state index contributed by atoms with van der Waals surface area (Å²) in [6.07, 6.45) is 1.24. The topological polar surface area (TPSA) is 75.7 Å². The van der Waals surface area contributed by atoms with Crippen molar-refractivity contribution in [3.8, 4) is 5.75 Å². The highest BCUT2D eigenvalue weighted by atomic mass is 35.5. The molecule has 0 bridgehead atoms. The Morgan fingerprint density at radius 2 is 1.96 bits per heavy atom. The summed E-state index contributed by atoms with van der Waals surface area (Å²) in [5.74, 6) is -0.367. The van der Waals surface area contributed by atoms with Gasteiger partial charge in [0.1, 0.15) is 10.6 Å². The number of sulfonamides is 1. The minimum absolute atomic E-state index is 0.0154. The van der Waals surface area contributed by atoms with Gasteiger partial charge in [0.25, 0.3) is 0 Å². The van der Waals surface area contributed by atoms with Crippen LogP contribution in [0.1, 0.15) is 12.8 Å². The average molecular weight is 409 g/mol. The Kier molecular flexibility index (Phi) is 6.04. The second-order valence-electron chi connectivity index (χ2n) is 6.35. The van der Waals surface area contributed by atoms with Crippen molar-refractivity contribution in [3.63, 3.8) is 0 Å². The molecule has 2 aromatic rings. The summed E-state index contributed by atoms with van der Waals surface area (Å²) in [4.78, 5) is 12.6. The number of benzene rings is 2. The minimum atomic E-state index is -3.82. The van der Waals surface area contributed by atoms with Gasteiger partial charge in [-0.25, -0.2) is 8.42 Å². The maximum atomic E-state index is 13.1. The van der Waals surface area contributed by atoms with Crippen molar-refractivity contribution in [1.29, 1.82) is 0 Å². The normalized spacial score (nSPS) is 18.1. The van der Waals surface area contributed by atoms with E-state index in [4.69, 9.17) is 16.3 Å². The monoisotopic (exact) mass is 408 g/mol. The van der Waals surface area contributed by atoms with Crippen LogP contribution in [0.4, 0.5) is 5.69 Å². The summed E-state index contributed by atoms with van der Waals surface area (Å²) in [7, 11) is -2.41. The summed E-state index contributed by atoms with van der Waals surface area (Å²) in [6, 6.07) is 13.6. The molecule has 1 heterocycles. The molecule has 0 aromatic heterocycles. The Labute approximate surface area is 164 Å². The quantitative estimate of drug-likeness (QED) is 0.822. The van der Waals surface area contributed by atoms with Crippen molar-refractivity contribution in [2.24, 2.45) is 5.92 Å². The number of methoxy groups -OCH3 is 1. The number of carbonyl (C=O) groups is 1. The molecule has 0 radical (unpaired) electrons. The molecular weight excluding hydrogens is 388 g/mol. The molecule has 1 saturated heterocycles. The van der Waals surface area contributed by atoms with E-state index in [0.717, 1.165) is 0 Å². The van der Waals surface area contributed by atoms with Crippen LogP contribution in [0.5, 0.6) is 5.75 Å². The fraction of sp³-hybridized carbons (Fsp3) is 0.316. The lowest BCUT2D eigenvalue weighted by molar-refractivity contribution is -0.120. The molecule has 0 saturated carbocycles. The smallest absolute Gasteiger partial charge is 0.246 e. The number of rotatable bonds is 5. The van der Waals surface area contributed by atoms with Crippen molar-refractivity contribution in [1.82, 2.24) is 4.31 Å². The minimum Gasteiger partial charge on any atom is -0.495 e. The van der Waals surface area contributed by atoms with Crippen LogP contribution in [0.15, 0.2) is 53.4 Å². The Hall–Kier alpha value is -2.09. The number of nitrogens with zero attached hydrogens (tertiary/aromatic N) is 1. The third-order valence-corrected chi connectivity index (χ3v) is 6.66. The predicted octanol–water partition coefficient (Wildman–Crippen LogP) is 3.39. The Balaban J connectivity index is 1.79. The Bertz CT molecular complexity index is 919. The van der Waals surface area contributed by atoms with Crippen LogP contribution in [-0.2, 0) is 14.8 Å². The van der Waals surface area contributed by atoms with Crippen molar-refractivity contribution >= 4 is 33.2 Å². The van der Waals surface area contributed by atoms with Crippen LogP contribution < -0.4 is 10.1 Å². The lowest BCUT2D eigenvalue weighted by atomic mass is 9.99. The van der Waals surface area contributed by atoms with Gasteiger partial charge < -0.3 is 10.1 Å². The standard InChI is InChI=1S/C19H21ClN2O4S/c1-26-17-10-9-15(20)12-18(17)27(24,25)22-11-5-6-14(13-22)19(23)21-16-7-3-2-4-8-16/h2-4,7-10,12,14H,5-6,11,13H2,1H3,(H,21,23)/t14-/m1/s1. The third kappa shape index (κ3) is 4.43. The van der Waals surface area contributed by atoms with Gasteiger partial charge in [0.05, 0.1) is 13.0 Å². The zero-order valence-corrected chi connectivity index (χ0v) is 16.5. The van der Waals surface area contributed by atoms with Gasteiger partial charge in [0, 0.05) is 23.8 Å². The molecule has 1 atom stereocenters. The number of ether oxygens (including phenoxy) is 1. The number of anilines is 1. The molecule has 8 heteroatoms. The summed E-state index contributed by atoms with van der Waals surface area (Å²) < 4.78 is 32.7. The first-order chi connectivity index (χ1) is 12.9. The highest BCUT2D eigenvalue weighted by molar-refractivity contribution is 7.89. The molecule has 0 unspecified atom stereocenters. The fourth-order valence-electron chi connectivity index (χ4n) is 3.13. The highest BCUT2D eigenvalue weighted by Crippen LogP contribution is 2.32. The van der Waals surface area contributed by atoms with Gasteiger partial charge >= 0.3 is 0 Å². The van der Waals surface area contributed by atoms with Gasteiger partial charge in [0.2, 0.25) is 15.9 Å². The van der Waals surface area contributed by atoms with Crippen molar-refractivity contribution in [3.05, 3.63) is 53.6 Å². The van der Waals surface area contributed by atoms with Gasteiger partial charge in [-0.3, -0.25) is 4.79 Å². The largest absolute Gasteiger partial charge is 0.495 e. The molecule has 144 valence electrons. The molecule has 27 heavy (non-hydrogen) atoms. The van der Waals surface area contributed by atoms with Crippen LogP contribution in [0.2, 0.25) is 5.02 Å². The van der Waals surface area contributed by atoms with Gasteiger partial charge in [-0.15, -0.1) is 0 Å². The number of carbonyl (C=O) groups excluding carboxylic acids is 1. The lowest BCUT2D eigenvalue weighted by Gasteiger charge is -2.31. The molecule has 1 fully saturated rings. The number of halogens is 1. The zero-order valence-electron chi connectivity index (χ0n) is 14.9. The second-order valence-corrected chi connectivity index (χ2v) is 8.70. The number of amides is 1. The molecule has 1 amide bonds. The fourth-order valence-corrected chi connectivity index (χ4v) is 5.07. The number of para-hydroxylation sites is 1. The van der Waals surface area contributed by atoms with Gasteiger partial charge in [-0.1, -0.05) is 29.8 Å². The van der Waals surface area contributed by atoms with E-state index in [1.54, 1.807) is 18.2 Å². The molecule has 1 aliphatic rings. The van der Waals surface area contributed by atoms with E-state index >= 15 is 0 Å². The van der Waals surface area contributed by atoms with Gasteiger partial charge in [0.15, 0.2) is 0 Å². The van der Waals surface area contributed by atoms with Crippen LogP contribution in [0, 0.1) is 5.92 Å². The highest BCUT2D eigenvalue weighted by Gasteiger charge is 2.35. The van der Waals surface area contributed by atoms with E-state index in [2.05, 4.69) is 5.32 Å². The summed E-state index contributed by atoms with van der Waals surface area (Å²) in [5.41, 5.74) is 0.694. The van der Waals surface area contributed by atoms with E-state index in [1.165, 1.54) is 23.5 Å². The summed E-state index contributed by atoms with van der Waals surface area (Å²) in [5, 5.41) is 3.16. The first-order valence-corrected chi connectivity index (χ1v) is 10.4. The summed E-state index contributed by atoms with van der Waals surface area (Å²) >= 11 is 5.99. The molecule has 1 N–H and O–H groups in total. The third-order valence-electron chi connectivity index (χ3n) is 4.54. The van der Waals surface area contributed by atoms with E-state index in [1.807, 2.05) is 18.2 Å². The van der Waals surface area contributed by atoms with Crippen LogP contribution in [-0.4, -0.2) is 38.8 Å². The van der Waals surface area contributed by atoms with E-state index in [-0.39, 0.29) is 23.1 Å². The van der Waals surface area contributed by atoms with Crippen molar-refractivity contribution in [2.75, 3.05) is 25.5 Å². The number of nitrogens with one attached hydrogen (secondary N) is 1. The average Bonchev–Trinajstić information content (AvgIpc) is 2.69.